The predicted octanol–water partition coefficient (Wildman–Crippen LogP) is 3.89. The van der Waals surface area contributed by atoms with Crippen LogP contribution < -0.4 is 10.5 Å². The minimum atomic E-state index is -0.433. The minimum absolute atomic E-state index is 0.0953. The summed E-state index contributed by atoms with van der Waals surface area (Å²) in [6.07, 6.45) is 0.573. The van der Waals surface area contributed by atoms with Crippen molar-refractivity contribution < 1.29 is 9.13 Å². The molecule has 0 aliphatic heterocycles. The Kier molecular flexibility index (Phi) is 4.93. The lowest BCUT2D eigenvalue weighted by atomic mass is 10.1. The molecule has 0 heterocycles. The molecule has 2 nitrogen and oxygen atoms in total. The molecule has 0 radical (unpaired) electrons. The number of hydrogen-bond acceptors (Lipinski definition) is 2. The third kappa shape index (κ3) is 4.18. The van der Waals surface area contributed by atoms with Crippen molar-refractivity contribution in [1.29, 1.82) is 0 Å². The molecule has 5 heteroatoms. The van der Waals surface area contributed by atoms with Crippen LogP contribution in [0.15, 0.2) is 42.5 Å². The van der Waals surface area contributed by atoms with Crippen molar-refractivity contribution in [3.8, 4) is 5.75 Å². The summed E-state index contributed by atoms with van der Waals surface area (Å²) in [6.45, 7) is 0.328. The zero-order valence-corrected chi connectivity index (χ0v) is 12.2. The second-order valence-electron chi connectivity index (χ2n) is 4.32. The van der Waals surface area contributed by atoms with Crippen LogP contribution in [-0.2, 0) is 13.0 Å². The fourth-order valence-electron chi connectivity index (χ4n) is 1.70. The molecule has 2 rings (SSSR count). The first-order valence-corrected chi connectivity index (χ1v) is 6.77. The summed E-state index contributed by atoms with van der Waals surface area (Å²) >= 11 is 10.6. The van der Waals surface area contributed by atoms with Gasteiger partial charge in [0.1, 0.15) is 18.2 Å². The Labute approximate surface area is 127 Å². The monoisotopic (exact) mass is 309 g/mol. The van der Waals surface area contributed by atoms with Gasteiger partial charge >= 0.3 is 0 Å². The lowest BCUT2D eigenvalue weighted by Crippen LogP contribution is -2.10. The molecule has 0 bridgehead atoms. The number of benzene rings is 2. The van der Waals surface area contributed by atoms with Crippen molar-refractivity contribution in [2.24, 2.45) is 5.73 Å². The van der Waals surface area contributed by atoms with Gasteiger partial charge in [-0.25, -0.2) is 4.39 Å². The molecular formula is C15H13ClFNOS. The van der Waals surface area contributed by atoms with Gasteiger partial charge in [-0.3, -0.25) is 0 Å². The predicted molar refractivity (Wildman–Crippen MR) is 82.7 cm³/mol. The minimum Gasteiger partial charge on any atom is -0.489 e. The molecule has 0 aliphatic rings. The van der Waals surface area contributed by atoms with E-state index in [1.807, 2.05) is 24.3 Å². The summed E-state index contributed by atoms with van der Waals surface area (Å²) in [4.78, 5) is 0.458. The third-order valence-electron chi connectivity index (χ3n) is 2.69. The van der Waals surface area contributed by atoms with Crippen LogP contribution in [0.3, 0.4) is 0 Å². The molecule has 0 aliphatic carbocycles. The fourth-order valence-corrected chi connectivity index (χ4v) is 2.07. The maximum Gasteiger partial charge on any atom is 0.141 e. The van der Waals surface area contributed by atoms with E-state index in [0.717, 1.165) is 16.9 Å². The Morgan fingerprint density at radius 3 is 2.40 bits per heavy atom. The Hall–Kier alpha value is -1.65. The van der Waals surface area contributed by atoms with Crippen molar-refractivity contribution in [2.45, 2.75) is 13.0 Å². The van der Waals surface area contributed by atoms with Gasteiger partial charge in [-0.2, -0.15) is 0 Å². The molecule has 0 atom stereocenters. The number of nitrogens with two attached hydrogens (primary N) is 1. The molecule has 2 aromatic rings. The van der Waals surface area contributed by atoms with Crippen LogP contribution in [0.2, 0.25) is 5.02 Å². The van der Waals surface area contributed by atoms with E-state index in [2.05, 4.69) is 0 Å². The highest BCUT2D eigenvalue weighted by atomic mass is 35.5. The van der Waals surface area contributed by atoms with Crippen LogP contribution in [0.5, 0.6) is 5.75 Å². The van der Waals surface area contributed by atoms with Crippen LogP contribution in [0.4, 0.5) is 4.39 Å². The standard InChI is InChI=1S/C15H13ClFNOS/c16-13-7-11(3-6-14(13)17)9-19-12-4-1-10(2-5-12)8-15(18)20/h1-7H,8-9H2,(H2,18,20). The van der Waals surface area contributed by atoms with Crippen LogP contribution in [-0.4, -0.2) is 4.99 Å². The first-order valence-electron chi connectivity index (χ1n) is 5.98. The summed E-state index contributed by atoms with van der Waals surface area (Å²) in [5, 5.41) is 0.0953. The van der Waals surface area contributed by atoms with Gasteiger partial charge in [-0.05, 0) is 35.4 Å². The molecule has 0 saturated heterocycles. The van der Waals surface area contributed by atoms with Gasteiger partial charge in [0.2, 0.25) is 0 Å². The molecule has 0 unspecified atom stereocenters. The topological polar surface area (TPSA) is 35.2 Å². The van der Waals surface area contributed by atoms with E-state index in [-0.39, 0.29) is 5.02 Å². The van der Waals surface area contributed by atoms with E-state index in [1.165, 1.54) is 6.07 Å². The van der Waals surface area contributed by atoms with E-state index in [4.69, 9.17) is 34.3 Å². The Morgan fingerprint density at radius 1 is 1.15 bits per heavy atom. The third-order valence-corrected chi connectivity index (χ3v) is 3.13. The van der Waals surface area contributed by atoms with Gasteiger partial charge in [-0.1, -0.05) is 42.0 Å². The number of ether oxygens (including phenoxy) is 1. The van der Waals surface area contributed by atoms with Crippen LogP contribution in [0.25, 0.3) is 0 Å². The second kappa shape index (κ2) is 6.68. The summed E-state index contributed by atoms with van der Waals surface area (Å²) in [5.41, 5.74) is 7.33. The van der Waals surface area contributed by atoms with E-state index >= 15 is 0 Å². The summed E-state index contributed by atoms with van der Waals surface area (Å²) < 4.78 is 18.6. The lowest BCUT2D eigenvalue weighted by Gasteiger charge is -2.08. The molecule has 2 aromatic carbocycles. The van der Waals surface area contributed by atoms with Crippen LogP contribution >= 0.6 is 23.8 Å². The molecule has 104 valence electrons. The molecule has 0 aromatic heterocycles. The molecule has 0 fully saturated rings. The molecule has 0 spiro atoms. The van der Waals surface area contributed by atoms with Gasteiger partial charge in [0, 0.05) is 6.42 Å². The second-order valence-corrected chi connectivity index (χ2v) is 5.26. The average Bonchev–Trinajstić information content (AvgIpc) is 2.41. The Morgan fingerprint density at radius 2 is 1.80 bits per heavy atom. The van der Waals surface area contributed by atoms with Gasteiger partial charge in [-0.15, -0.1) is 0 Å². The SMILES string of the molecule is NC(=S)Cc1ccc(OCc2ccc(F)c(Cl)c2)cc1. The summed E-state index contributed by atoms with van der Waals surface area (Å²) in [5.74, 6) is 0.287. The number of rotatable bonds is 5. The van der Waals surface area contributed by atoms with Crippen molar-refractivity contribution in [2.75, 3.05) is 0 Å². The highest BCUT2D eigenvalue weighted by Crippen LogP contribution is 2.18. The smallest absolute Gasteiger partial charge is 0.141 e. The van der Waals surface area contributed by atoms with Gasteiger partial charge in [0.15, 0.2) is 0 Å². The van der Waals surface area contributed by atoms with Gasteiger partial charge < -0.3 is 10.5 Å². The van der Waals surface area contributed by atoms with Crippen molar-refractivity contribution in [3.05, 3.63) is 64.4 Å². The molecular weight excluding hydrogens is 297 g/mol. The molecule has 0 saturated carbocycles. The Balaban J connectivity index is 1.96. The average molecular weight is 310 g/mol. The van der Waals surface area contributed by atoms with Crippen LogP contribution in [0.1, 0.15) is 11.1 Å². The van der Waals surface area contributed by atoms with E-state index in [1.54, 1.807) is 12.1 Å². The lowest BCUT2D eigenvalue weighted by molar-refractivity contribution is 0.306. The van der Waals surface area contributed by atoms with Crippen molar-refractivity contribution >= 4 is 28.8 Å². The first kappa shape index (κ1) is 14.8. The molecule has 2 N–H and O–H groups in total. The fraction of sp³-hybridized carbons (Fsp3) is 0.133. The quantitative estimate of drug-likeness (QED) is 0.851. The zero-order valence-electron chi connectivity index (χ0n) is 10.6. The molecule has 0 amide bonds. The van der Waals surface area contributed by atoms with Crippen LogP contribution in [0, 0.1) is 5.82 Å². The summed E-state index contributed by atoms with van der Waals surface area (Å²) in [7, 11) is 0. The normalized spacial score (nSPS) is 10.3. The van der Waals surface area contributed by atoms with Gasteiger partial charge in [0.05, 0.1) is 10.0 Å². The number of halogens is 2. The first-order chi connectivity index (χ1) is 9.54. The van der Waals surface area contributed by atoms with Crippen molar-refractivity contribution in [1.82, 2.24) is 0 Å². The zero-order chi connectivity index (χ0) is 14.5. The maximum atomic E-state index is 13.0. The maximum absolute atomic E-state index is 13.0. The van der Waals surface area contributed by atoms with E-state index in [9.17, 15) is 4.39 Å². The van der Waals surface area contributed by atoms with E-state index in [0.29, 0.717) is 18.0 Å². The largest absolute Gasteiger partial charge is 0.489 e. The van der Waals surface area contributed by atoms with Crippen molar-refractivity contribution in [3.63, 3.8) is 0 Å². The van der Waals surface area contributed by atoms with E-state index < -0.39 is 5.82 Å². The Bertz CT molecular complexity index is 616. The molecule has 20 heavy (non-hydrogen) atoms. The number of hydrogen-bond donors (Lipinski definition) is 1. The highest BCUT2D eigenvalue weighted by Gasteiger charge is 2.02. The number of thiocarbonyl (C=S) groups is 1. The van der Waals surface area contributed by atoms with Gasteiger partial charge in [0.25, 0.3) is 0 Å². The summed E-state index contributed by atoms with van der Waals surface area (Å²) in [6, 6.07) is 12.0. The highest BCUT2D eigenvalue weighted by molar-refractivity contribution is 7.80.